The minimum absolute atomic E-state index is 0.155. The molecule has 0 aliphatic carbocycles. The van der Waals surface area contributed by atoms with Crippen molar-refractivity contribution in [3.63, 3.8) is 0 Å². The van der Waals surface area contributed by atoms with Gasteiger partial charge < -0.3 is 14.6 Å². The summed E-state index contributed by atoms with van der Waals surface area (Å²) in [6, 6.07) is 17.2. The fourth-order valence-corrected chi connectivity index (χ4v) is 3.64. The Morgan fingerprint density at radius 1 is 1.14 bits per heavy atom. The van der Waals surface area contributed by atoms with Crippen molar-refractivity contribution in [2.75, 3.05) is 7.11 Å². The van der Waals surface area contributed by atoms with Gasteiger partial charge in [-0.1, -0.05) is 55.9 Å². The molecule has 6 nitrogen and oxygen atoms in total. The van der Waals surface area contributed by atoms with Crippen LogP contribution in [0.5, 0.6) is 5.75 Å². The SMILES string of the molecule is CC[C@@H](C)Sc1nnc(CNC(=O)c2ccc(OC)cc2)n1Cc1ccccc1. The second kappa shape index (κ2) is 10.1. The van der Waals surface area contributed by atoms with Gasteiger partial charge in [-0.25, -0.2) is 0 Å². The zero-order valence-corrected chi connectivity index (χ0v) is 17.8. The molecular formula is C22H26N4O2S. The number of benzene rings is 2. The van der Waals surface area contributed by atoms with Gasteiger partial charge in [-0.2, -0.15) is 0 Å². The highest BCUT2D eigenvalue weighted by Gasteiger charge is 2.16. The Morgan fingerprint density at radius 3 is 2.52 bits per heavy atom. The van der Waals surface area contributed by atoms with Gasteiger partial charge in [0.05, 0.1) is 20.2 Å². The summed E-state index contributed by atoms with van der Waals surface area (Å²) in [6.07, 6.45) is 1.05. The number of nitrogens with zero attached hydrogens (tertiary/aromatic N) is 3. The molecule has 0 saturated heterocycles. The summed E-state index contributed by atoms with van der Waals surface area (Å²) in [6.45, 7) is 5.31. The number of nitrogens with one attached hydrogen (secondary N) is 1. The molecule has 1 amide bonds. The molecule has 0 bridgehead atoms. The first-order valence-electron chi connectivity index (χ1n) is 9.65. The Hall–Kier alpha value is -2.80. The minimum Gasteiger partial charge on any atom is -0.497 e. The normalized spacial score (nSPS) is 11.8. The fourth-order valence-electron chi connectivity index (χ4n) is 2.73. The molecule has 1 aromatic heterocycles. The van der Waals surface area contributed by atoms with Gasteiger partial charge in [-0.15, -0.1) is 10.2 Å². The van der Waals surface area contributed by atoms with E-state index >= 15 is 0 Å². The number of amides is 1. The van der Waals surface area contributed by atoms with E-state index in [0.29, 0.717) is 23.9 Å². The van der Waals surface area contributed by atoms with Crippen molar-refractivity contribution in [3.8, 4) is 5.75 Å². The van der Waals surface area contributed by atoms with Gasteiger partial charge in [-0.3, -0.25) is 4.79 Å². The summed E-state index contributed by atoms with van der Waals surface area (Å²) in [4.78, 5) is 12.5. The van der Waals surface area contributed by atoms with Crippen LogP contribution in [0, 0.1) is 0 Å². The second-order valence-electron chi connectivity index (χ2n) is 6.72. The van der Waals surface area contributed by atoms with Crippen LogP contribution in [0.1, 0.15) is 42.0 Å². The summed E-state index contributed by atoms with van der Waals surface area (Å²) in [7, 11) is 1.60. The third-order valence-electron chi connectivity index (χ3n) is 4.62. The third-order valence-corrected chi connectivity index (χ3v) is 5.87. The highest BCUT2D eigenvalue weighted by Crippen LogP contribution is 2.25. The van der Waals surface area contributed by atoms with E-state index in [2.05, 4.69) is 46.1 Å². The lowest BCUT2D eigenvalue weighted by atomic mass is 10.2. The number of ether oxygens (including phenoxy) is 1. The highest BCUT2D eigenvalue weighted by molar-refractivity contribution is 7.99. The van der Waals surface area contributed by atoms with Gasteiger partial charge in [0.2, 0.25) is 0 Å². The first-order valence-corrected chi connectivity index (χ1v) is 10.5. The summed E-state index contributed by atoms with van der Waals surface area (Å²) >= 11 is 1.71. The number of carbonyl (C=O) groups excluding carboxylic acids is 1. The molecule has 2 aromatic carbocycles. The maximum absolute atomic E-state index is 12.5. The first-order chi connectivity index (χ1) is 14.1. The Bertz CT molecular complexity index is 926. The molecule has 0 radical (unpaired) electrons. The molecular weight excluding hydrogens is 384 g/mol. The molecule has 3 aromatic rings. The molecule has 0 saturated carbocycles. The van der Waals surface area contributed by atoms with Crippen molar-refractivity contribution in [2.45, 2.75) is 43.8 Å². The monoisotopic (exact) mass is 410 g/mol. The van der Waals surface area contributed by atoms with E-state index in [1.807, 2.05) is 18.2 Å². The lowest BCUT2D eigenvalue weighted by molar-refractivity contribution is 0.0949. The maximum atomic E-state index is 12.5. The lowest BCUT2D eigenvalue weighted by Gasteiger charge is -2.13. The number of aromatic nitrogens is 3. The summed E-state index contributed by atoms with van der Waals surface area (Å²) in [5, 5.41) is 13.0. The molecule has 0 aliphatic heterocycles. The smallest absolute Gasteiger partial charge is 0.251 e. The zero-order chi connectivity index (χ0) is 20.6. The van der Waals surface area contributed by atoms with Crippen LogP contribution in [0.4, 0.5) is 0 Å². The lowest BCUT2D eigenvalue weighted by Crippen LogP contribution is -2.25. The van der Waals surface area contributed by atoms with E-state index in [1.165, 1.54) is 5.56 Å². The van der Waals surface area contributed by atoms with Crippen LogP contribution in [0.15, 0.2) is 59.8 Å². The molecule has 0 spiro atoms. The standard InChI is InChI=1S/C22H26N4O2S/c1-4-16(2)29-22-25-24-20(26(22)15-17-8-6-5-7-9-17)14-23-21(27)18-10-12-19(28-3)13-11-18/h5-13,16H,4,14-15H2,1-3H3,(H,23,27)/t16-/m1/s1. The molecule has 1 atom stereocenters. The largest absolute Gasteiger partial charge is 0.497 e. The van der Waals surface area contributed by atoms with E-state index in [4.69, 9.17) is 4.74 Å². The van der Waals surface area contributed by atoms with Gasteiger partial charge in [0.15, 0.2) is 11.0 Å². The number of hydrogen-bond donors (Lipinski definition) is 1. The predicted octanol–water partition coefficient (Wildman–Crippen LogP) is 4.16. The number of thioether (sulfide) groups is 1. The van der Waals surface area contributed by atoms with Crippen LogP contribution in [-0.4, -0.2) is 33.0 Å². The average Bonchev–Trinajstić information content (AvgIpc) is 3.13. The highest BCUT2D eigenvalue weighted by atomic mass is 32.2. The van der Waals surface area contributed by atoms with Crippen LogP contribution in [0.2, 0.25) is 0 Å². The first kappa shape index (κ1) is 20.9. The van der Waals surface area contributed by atoms with E-state index in [0.717, 1.165) is 23.2 Å². The average molecular weight is 411 g/mol. The van der Waals surface area contributed by atoms with Crippen molar-refractivity contribution in [1.82, 2.24) is 20.1 Å². The van der Waals surface area contributed by atoms with Crippen LogP contribution >= 0.6 is 11.8 Å². The van der Waals surface area contributed by atoms with Crippen molar-refractivity contribution in [2.24, 2.45) is 0 Å². The Balaban J connectivity index is 1.75. The van der Waals surface area contributed by atoms with Gasteiger partial charge >= 0.3 is 0 Å². The van der Waals surface area contributed by atoms with Crippen molar-refractivity contribution in [3.05, 3.63) is 71.5 Å². The van der Waals surface area contributed by atoms with Crippen LogP contribution in [0.3, 0.4) is 0 Å². The molecule has 1 heterocycles. The molecule has 7 heteroatoms. The van der Waals surface area contributed by atoms with E-state index in [-0.39, 0.29) is 5.91 Å². The molecule has 0 fully saturated rings. The maximum Gasteiger partial charge on any atom is 0.251 e. The number of carbonyl (C=O) groups is 1. The molecule has 0 aliphatic rings. The van der Waals surface area contributed by atoms with Crippen molar-refractivity contribution < 1.29 is 9.53 Å². The second-order valence-corrected chi connectivity index (χ2v) is 8.12. The van der Waals surface area contributed by atoms with Crippen molar-refractivity contribution >= 4 is 17.7 Å². The topological polar surface area (TPSA) is 69.0 Å². The summed E-state index contributed by atoms with van der Waals surface area (Å²) < 4.78 is 7.22. The van der Waals surface area contributed by atoms with Gasteiger partial charge in [0.25, 0.3) is 5.91 Å². The molecule has 3 rings (SSSR count). The van der Waals surface area contributed by atoms with E-state index in [9.17, 15) is 4.79 Å². The summed E-state index contributed by atoms with van der Waals surface area (Å²) in [5.41, 5.74) is 1.75. The van der Waals surface area contributed by atoms with Crippen molar-refractivity contribution in [1.29, 1.82) is 0 Å². The van der Waals surface area contributed by atoms with E-state index in [1.54, 1.807) is 43.1 Å². The minimum atomic E-state index is -0.155. The van der Waals surface area contributed by atoms with E-state index < -0.39 is 0 Å². The van der Waals surface area contributed by atoms with Crippen LogP contribution < -0.4 is 10.1 Å². The number of rotatable bonds is 9. The third kappa shape index (κ3) is 5.60. The quantitative estimate of drug-likeness (QED) is 0.537. The van der Waals surface area contributed by atoms with Crippen LogP contribution in [-0.2, 0) is 13.1 Å². The van der Waals surface area contributed by atoms with Crippen LogP contribution in [0.25, 0.3) is 0 Å². The zero-order valence-electron chi connectivity index (χ0n) is 17.0. The Kier molecular flexibility index (Phi) is 7.30. The number of methoxy groups -OCH3 is 1. The van der Waals surface area contributed by atoms with Gasteiger partial charge in [0, 0.05) is 10.8 Å². The van der Waals surface area contributed by atoms with Gasteiger partial charge in [0.1, 0.15) is 5.75 Å². The van der Waals surface area contributed by atoms with Gasteiger partial charge in [-0.05, 0) is 36.2 Å². The summed E-state index contributed by atoms with van der Waals surface area (Å²) in [5.74, 6) is 1.30. The Morgan fingerprint density at radius 2 is 1.86 bits per heavy atom. The predicted molar refractivity (Wildman–Crippen MR) is 115 cm³/mol. The number of hydrogen-bond acceptors (Lipinski definition) is 5. The molecule has 0 unspecified atom stereocenters. The molecule has 152 valence electrons. The molecule has 29 heavy (non-hydrogen) atoms. The Labute approximate surface area is 175 Å². The molecule has 1 N–H and O–H groups in total. The fraction of sp³-hybridized carbons (Fsp3) is 0.318.